The molecule has 2 amide bonds. The van der Waals surface area contributed by atoms with E-state index in [1.807, 2.05) is 97.9 Å². The van der Waals surface area contributed by atoms with E-state index in [0.29, 0.717) is 11.4 Å². The Hall–Kier alpha value is -5.04. The predicted molar refractivity (Wildman–Crippen MR) is 152 cm³/mol. The van der Waals surface area contributed by atoms with Gasteiger partial charge in [0.1, 0.15) is 11.7 Å². The van der Waals surface area contributed by atoms with Crippen molar-refractivity contribution in [3.8, 4) is 11.1 Å². The van der Waals surface area contributed by atoms with Crippen molar-refractivity contribution in [2.75, 3.05) is 5.32 Å². The molecule has 0 saturated carbocycles. The third kappa shape index (κ3) is 5.78. The Bertz CT molecular complexity index is 1530. The van der Waals surface area contributed by atoms with Crippen LogP contribution in [0.1, 0.15) is 33.1 Å². The molecule has 0 radical (unpaired) electrons. The van der Waals surface area contributed by atoms with E-state index < -0.39 is 12.0 Å². The molecule has 0 spiro atoms. The molecule has 0 aliphatic carbocycles. The minimum atomic E-state index is -0.905. The van der Waals surface area contributed by atoms with Crippen molar-refractivity contribution in [3.63, 3.8) is 0 Å². The maximum Gasteiger partial charge on any atom is 0.270 e. The molecule has 0 unspecified atom stereocenters. The Morgan fingerprint density at radius 1 is 0.795 bits per heavy atom. The summed E-state index contributed by atoms with van der Waals surface area (Å²) < 4.78 is 1.49. The second-order valence-electron chi connectivity index (χ2n) is 9.35. The van der Waals surface area contributed by atoms with Crippen LogP contribution >= 0.6 is 0 Å². The molecule has 2 heterocycles. The topological polar surface area (TPSA) is 88.9 Å². The normalized spacial score (nSPS) is 11.7. The first kappa shape index (κ1) is 25.6. The highest BCUT2D eigenvalue weighted by Gasteiger charge is 2.33. The van der Waals surface area contributed by atoms with Crippen LogP contribution in [0.2, 0.25) is 0 Å². The number of pyridine rings is 1. The number of hydrogen-bond donors (Lipinski definition) is 2. The Balaban J connectivity index is 1.51. The quantitative estimate of drug-likeness (QED) is 0.291. The van der Waals surface area contributed by atoms with Crippen molar-refractivity contribution < 1.29 is 9.59 Å². The number of benzene rings is 3. The number of nitrogens with zero attached hydrogens (tertiary/aromatic N) is 3. The SMILES string of the molecule is Cc1cc(NC(=O)[C@@H](NC(=O)c2ccnn2C)C(c2ccccc2)c2ccccc2)ccc1-c1ccncc1. The Morgan fingerprint density at radius 3 is 2.00 bits per heavy atom. The van der Waals surface area contributed by atoms with Crippen LogP contribution in [0.15, 0.2) is 116 Å². The Kier molecular flexibility index (Phi) is 7.59. The Morgan fingerprint density at radius 2 is 1.44 bits per heavy atom. The molecule has 2 N–H and O–H groups in total. The number of amides is 2. The summed E-state index contributed by atoms with van der Waals surface area (Å²) >= 11 is 0. The van der Waals surface area contributed by atoms with E-state index in [1.54, 1.807) is 31.7 Å². The second kappa shape index (κ2) is 11.6. The lowest BCUT2D eigenvalue weighted by atomic mass is 9.84. The molecule has 0 aliphatic rings. The molecule has 1 atom stereocenters. The number of rotatable bonds is 8. The summed E-state index contributed by atoms with van der Waals surface area (Å²) in [6.45, 7) is 2.00. The van der Waals surface area contributed by atoms with Crippen molar-refractivity contribution in [2.45, 2.75) is 18.9 Å². The van der Waals surface area contributed by atoms with Crippen LogP contribution in [0.4, 0.5) is 5.69 Å². The molecule has 5 aromatic rings. The maximum absolute atomic E-state index is 14.0. The van der Waals surface area contributed by atoms with E-state index in [9.17, 15) is 9.59 Å². The van der Waals surface area contributed by atoms with Gasteiger partial charge in [0.05, 0.1) is 0 Å². The lowest BCUT2D eigenvalue weighted by Crippen LogP contribution is -2.48. The Labute approximate surface area is 227 Å². The van der Waals surface area contributed by atoms with E-state index in [-0.39, 0.29) is 11.8 Å². The molecule has 39 heavy (non-hydrogen) atoms. The van der Waals surface area contributed by atoms with Gasteiger partial charge in [-0.05, 0) is 65.1 Å². The first-order chi connectivity index (χ1) is 19.0. The van der Waals surface area contributed by atoms with Gasteiger partial charge in [-0.1, -0.05) is 66.7 Å². The largest absolute Gasteiger partial charge is 0.338 e. The number of carbonyl (C=O) groups is 2. The first-order valence-corrected chi connectivity index (χ1v) is 12.7. The van der Waals surface area contributed by atoms with Crippen LogP contribution in [-0.2, 0) is 11.8 Å². The average molecular weight is 516 g/mol. The number of hydrogen-bond acceptors (Lipinski definition) is 4. The van der Waals surface area contributed by atoms with Crippen molar-refractivity contribution in [1.82, 2.24) is 20.1 Å². The highest BCUT2D eigenvalue weighted by molar-refractivity contribution is 6.01. The standard InChI is InChI=1S/C32H29N5O2/c1-22-21-26(13-14-27(22)23-15-18-33-19-16-23)35-32(39)30(36-31(38)28-17-20-34-37(28)2)29(24-9-5-3-6-10-24)25-11-7-4-8-12-25/h3-21,29-30H,1-2H3,(H,35,39)(H,36,38)/t30-/m0/s1. The summed E-state index contributed by atoms with van der Waals surface area (Å²) in [6, 6.07) is 29.9. The van der Waals surface area contributed by atoms with Gasteiger partial charge in [0.2, 0.25) is 5.91 Å². The van der Waals surface area contributed by atoms with E-state index in [4.69, 9.17) is 0 Å². The van der Waals surface area contributed by atoms with Crippen LogP contribution in [0, 0.1) is 6.92 Å². The number of anilines is 1. The summed E-state index contributed by atoms with van der Waals surface area (Å²) in [5.74, 6) is -1.13. The summed E-state index contributed by atoms with van der Waals surface area (Å²) in [5, 5.41) is 10.2. The number of aryl methyl sites for hydroxylation is 2. The van der Waals surface area contributed by atoms with Gasteiger partial charge >= 0.3 is 0 Å². The smallest absolute Gasteiger partial charge is 0.270 e. The zero-order valence-corrected chi connectivity index (χ0v) is 21.8. The molecule has 3 aromatic carbocycles. The number of aromatic nitrogens is 3. The molecule has 7 heteroatoms. The van der Waals surface area contributed by atoms with E-state index in [1.165, 1.54) is 4.68 Å². The van der Waals surface area contributed by atoms with E-state index in [0.717, 1.165) is 27.8 Å². The molecule has 0 bridgehead atoms. The third-order valence-electron chi connectivity index (χ3n) is 6.76. The van der Waals surface area contributed by atoms with Gasteiger partial charge in [-0.3, -0.25) is 19.3 Å². The fourth-order valence-corrected chi connectivity index (χ4v) is 4.83. The molecule has 7 nitrogen and oxygen atoms in total. The van der Waals surface area contributed by atoms with Crippen LogP contribution in [0.3, 0.4) is 0 Å². The van der Waals surface area contributed by atoms with Crippen molar-refractivity contribution in [3.05, 3.63) is 138 Å². The van der Waals surface area contributed by atoms with Gasteiger partial charge in [-0.2, -0.15) is 5.10 Å². The van der Waals surface area contributed by atoms with Crippen molar-refractivity contribution in [2.24, 2.45) is 7.05 Å². The van der Waals surface area contributed by atoms with Gasteiger partial charge in [0.15, 0.2) is 0 Å². The van der Waals surface area contributed by atoms with Crippen LogP contribution in [0.25, 0.3) is 11.1 Å². The zero-order valence-electron chi connectivity index (χ0n) is 21.8. The molecule has 0 fully saturated rings. The summed E-state index contributed by atoms with van der Waals surface area (Å²) in [4.78, 5) is 31.5. The van der Waals surface area contributed by atoms with Crippen LogP contribution < -0.4 is 10.6 Å². The average Bonchev–Trinajstić information content (AvgIpc) is 3.40. The van der Waals surface area contributed by atoms with Gasteiger partial charge in [-0.15, -0.1) is 0 Å². The fraction of sp³-hybridized carbons (Fsp3) is 0.125. The monoisotopic (exact) mass is 515 g/mol. The highest BCUT2D eigenvalue weighted by atomic mass is 16.2. The van der Waals surface area contributed by atoms with Crippen LogP contribution in [-0.4, -0.2) is 32.6 Å². The maximum atomic E-state index is 14.0. The summed E-state index contributed by atoms with van der Waals surface area (Å²) in [5.41, 5.74) is 5.96. The lowest BCUT2D eigenvalue weighted by Gasteiger charge is -2.28. The second-order valence-corrected chi connectivity index (χ2v) is 9.35. The van der Waals surface area contributed by atoms with Gasteiger partial charge in [0, 0.05) is 37.2 Å². The van der Waals surface area contributed by atoms with Gasteiger partial charge in [0.25, 0.3) is 5.91 Å². The minimum Gasteiger partial charge on any atom is -0.338 e. The van der Waals surface area contributed by atoms with E-state index in [2.05, 4.69) is 20.7 Å². The van der Waals surface area contributed by atoms with Crippen molar-refractivity contribution >= 4 is 17.5 Å². The highest BCUT2D eigenvalue weighted by Crippen LogP contribution is 2.30. The van der Waals surface area contributed by atoms with Crippen molar-refractivity contribution in [1.29, 1.82) is 0 Å². The minimum absolute atomic E-state index is 0.320. The van der Waals surface area contributed by atoms with Gasteiger partial charge < -0.3 is 10.6 Å². The van der Waals surface area contributed by atoms with Gasteiger partial charge in [-0.25, -0.2) is 0 Å². The molecular formula is C32H29N5O2. The van der Waals surface area contributed by atoms with E-state index >= 15 is 0 Å². The molecule has 194 valence electrons. The number of nitrogens with one attached hydrogen (secondary N) is 2. The first-order valence-electron chi connectivity index (χ1n) is 12.7. The fourth-order valence-electron chi connectivity index (χ4n) is 4.83. The molecule has 5 rings (SSSR count). The molecule has 0 aliphatic heterocycles. The number of carbonyl (C=O) groups excluding carboxylic acids is 2. The molecule has 2 aromatic heterocycles. The van der Waals surface area contributed by atoms with Crippen LogP contribution in [0.5, 0.6) is 0 Å². The zero-order chi connectivity index (χ0) is 27.2. The lowest BCUT2D eigenvalue weighted by molar-refractivity contribution is -0.118. The summed E-state index contributed by atoms with van der Waals surface area (Å²) in [6.07, 6.45) is 5.07. The summed E-state index contributed by atoms with van der Waals surface area (Å²) in [7, 11) is 1.70. The molecule has 0 saturated heterocycles. The third-order valence-corrected chi connectivity index (χ3v) is 6.76. The molecular weight excluding hydrogens is 486 g/mol. The predicted octanol–water partition coefficient (Wildman–Crippen LogP) is 5.36.